The molecule has 0 saturated carbocycles. The average molecular weight is 442 g/mol. The molecule has 0 saturated heterocycles. The molecule has 28 heavy (non-hydrogen) atoms. The predicted octanol–water partition coefficient (Wildman–Crippen LogP) is 5.18. The highest BCUT2D eigenvalue weighted by Gasteiger charge is 2.41. The van der Waals surface area contributed by atoms with E-state index < -0.39 is 29.1 Å². The van der Waals surface area contributed by atoms with E-state index >= 15 is 0 Å². The smallest absolute Gasteiger partial charge is 0.312 e. The predicted molar refractivity (Wildman–Crippen MR) is 115 cm³/mol. The fourth-order valence-electron chi connectivity index (χ4n) is 3.55. The molecule has 0 bridgehead atoms. The van der Waals surface area contributed by atoms with Crippen LogP contribution < -0.4 is 0 Å². The molecule has 2 rings (SSSR count). The van der Waals surface area contributed by atoms with Crippen LogP contribution in [0.3, 0.4) is 0 Å². The van der Waals surface area contributed by atoms with Gasteiger partial charge < -0.3 is 4.43 Å². The van der Waals surface area contributed by atoms with E-state index in [-0.39, 0.29) is 10.7 Å². The molecule has 1 N–H and O–H groups in total. The Morgan fingerprint density at radius 3 is 2.32 bits per heavy atom. The molecule has 1 atom stereocenters. The first-order chi connectivity index (χ1) is 12.7. The number of aryl methyl sites for hydroxylation is 1. The molecule has 0 unspecified atom stereocenters. The molecule has 0 aliphatic heterocycles. The molecule has 0 aliphatic carbocycles. The van der Waals surface area contributed by atoms with Crippen molar-refractivity contribution < 1.29 is 17.4 Å². The van der Waals surface area contributed by atoms with Gasteiger partial charge in [0.1, 0.15) is 5.15 Å². The van der Waals surface area contributed by atoms with Gasteiger partial charge >= 0.3 is 10.1 Å². The van der Waals surface area contributed by atoms with Gasteiger partial charge in [0.05, 0.1) is 0 Å². The van der Waals surface area contributed by atoms with E-state index in [1.165, 1.54) is 0 Å². The number of hydrogen-bond donors (Lipinski definition) is 1. The zero-order valence-electron chi connectivity index (χ0n) is 17.2. The summed E-state index contributed by atoms with van der Waals surface area (Å²) in [6.45, 7) is 12.1. The van der Waals surface area contributed by atoms with Crippen molar-refractivity contribution in [1.29, 1.82) is 0 Å². The van der Waals surface area contributed by atoms with E-state index in [9.17, 15) is 13.0 Å². The van der Waals surface area contributed by atoms with Crippen LogP contribution >= 0.6 is 11.6 Å². The highest BCUT2D eigenvalue weighted by atomic mass is 35.5. The molecule has 0 aliphatic rings. The third-order valence-electron chi connectivity index (χ3n) is 4.57. The summed E-state index contributed by atoms with van der Waals surface area (Å²) < 4.78 is 40.3. The Morgan fingerprint density at radius 1 is 1.18 bits per heavy atom. The molecule has 154 valence electrons. The summed E-state index contributed by atoms with van der Waals surface area (Å²) in [5.41, 5.74) is 2.01. The average Bonchev–Trinajstić information content (AvgIpc) is 2.51. The number of pyridine rings is 1. The van der Waals surface area contributed by atoms with Crippen LogP contribution in [0.15, 0.2) is 41.4 Å². The van der Waals surface area contributed by atoms with Gasteiger partial charge in [-0.1, -0.05) is 41.9 Å². The lowest BCUT2D eigenvalue weighted by Crippen LogP contribution is -2.46. The molecule has 1 heterocycles. The summed E-state index contributed by atoms with van der Waals surface area (Å²) in [6.07, 6.45) is 0.577. The van der Waals surface area contributed by atoms with E-state index in [1.807, 2.05) is 52.0 Å². The summed E-state index contributed by atoms with van der Waals surface area (Å²) in [7, 11) is -7.04. The van der Waals surface area contributed by atoms with Crippen molar-refractivity contribution >= 4 is 30.0 Å². The minimum atomic E-state index is -4.54. The van der Waals surface area contributed by atoms with Crippen LogP contribution in [-0.4, -0.2) is 31.9 Å². The van der Waals surface area contributed by atoms with Crippen molar-refractivity contribution in [1.82, 2.24) is 4.98 Å². The molecule has 8 heteroatoms. The Labute approximate surface area is 174 Å². The van der Waals surface area contributed by atoms with Crippen molar-refractivity contribution in [2.24, 2.45) is 0 Å². The van der Waals surface area contributed by atoms with Gasteiger partial charge in [0.2, 0.25) is 0 Å². The molecule has 1 aromatic heterocycles. The Morgan fingerprint density at radius 2 is 1.79 bits per heavy atom. The largest absolute Gasteiger partial charge is 0.412 e. The van der Waals surface area contributed by atoms with Gasteiger partial charge in [0.15, 0.2) is 13.3 Å². The van der Waals surface area contributed by atoms with E-state index in [4.69, 9.17) is 16.0 Å². The summed E-state index contributed by atoms with van der Waals surface area (Å²) in [5, 5.41) is -0.376. The molecule has 5 nitrogen and oxygen atoms in total. The van der Waals surface area contributed by atoms with E-state index in [1.54, 1.807) is 12.1 Å². The minimum Gasteiger partial charge on any atom is -0.412 e. The number of benzene rings is 1. The molecular formula is C20H28ClNO4SSi. The lowest BCUT2D eigenvalue weighted by molar-refractivity contribution is 0.116. The maximum atomic E-state index is 12.1. The zero-order chi connectivity index (χ0) is 21.3. The van der Waals surface area contributed by atoms with Crippen LogP contribution in [0, 0.1) is 6.92 Å². The topological polar surface area (TPSA) is 76.5 Å². The zero-order valence-corrected chi connectivity index (χ0v) is 19.7. The fraction of sp³-hybridized carbons (Fsp3) is 0.450. The number of nitrogens with zero attached hydrogens (tertiary/aromatic N) is 1. The highest BCUT2D eigenvalue weighted by Crippen LogP contribution is 2.37. The SMILES string of the molecule is Cc1ccccc1C[C@H](c1ccc(Cl)nc1S(=O)(=O)O)[Si](C)(C)OC(C)(C)C. The normalized spacial score (nSPS) is 14.1. The summed E-state index contributed by atoms with van der Waals surface area (Å²) >= 11 is 5.93. The van der Waals surface area contributed by atoms with Crippen LogP contribution in [0.4, 0.5) is 0 Å². The third kappa shape index (κ3) is 5.87. The standard InChI is InChI=1S/C20H28ClNO4SSi/c1-14-9-7-8-10-15(14)13-17(28(5,6)26-20(2,3)4)16-11-12-18(21)22-19(16)27(23,24)25/h7-12,17H,13H2,1-6H3,(H,23,24,25)/t17-/m1/s1. The van der Waals surface area contributed by atoms with E-state index in [0.717, 1.165) is 11.1 Å². The number of aromatic nitrogens is 1. The van der Waals surface area contributed by atoms with Crippen LogP contribution in [0.1, 0.15) is 43.0 Å². The maximum absolute atomic E-state index is 12.1. The van der Waals surface area contributed by atoms with E-state index in [2.05, 4.69) is 18.1 Å². The number of hydrogen-bond acceptors (Lipinski definition) is 4. The number of rotatable bonds is 6. The Balaban J connectivity index is 2.68. The van der Waals surface area contributed by atoms with Gasteiger partial charge in [0, 0.05) is 11.1 Å². The van der Waals surface area contributed by atoms with Gasteiger partial charge in [-0.25, -0.2) is 4.98 Å². The molecule has 2 aromatic rings. The Bertz CT molecular complexity index is 955. The molecule has 0 amide bonds. The van der Waals surface area contributed by atoms with Crippen LogP contribution in [0.2, 0.25) is 18.2 Å². The van der Waals surface area contributed by atoms with Gasteiger partial charge in [-0.3, -0.25) is 4.55 Å². The molecular weight excluding hydrogens is 414 g/mol. The van der Waals surface area contributed by atoms with E-state index in [0.29, 0.717) is 12.0 Å². The van der Waals surface area contributed by atoms with Crippen LogP contribution in [0.5, 0.6) is 0 Å². The van der Waals surface area contributed by atoms with Crippen LogP contribution in [0.25, 0.3) is 0 Å². The third-order valence-corrected chi connectivity index (χ3v) is 8.93. The summed E-state index contributed by atoms with van der Waals surface area (Å²) in [5.74, 6) is 0. The second kappa shape index (κ2) is 8.24. The van der Waals surface area contributed by atoms with Crippen molar-refractivity contribution in [2.45, 2.75) is 63.4 Å². The lowest BCUT2D eigenvalue weighted by Gasteiger charge is -2.39. The van der Waals surface area contributed by atoms with Crippen molar-refractivity contribution in [3.8, 4) is 0 Å². The lowest BCUT2D eigenvalue weighted by atomic mass is 10.0. The summed E-state index contributed by atoms with van der Waals surface area (Å²) in [4.78, 5) is 3.93. The maximum Gasteiger partial charge on any atom is 0.312 e. The fourth-order valence-corrected chi connectivity index (χ4v) is 7.99. The first-order valence-electron chi connectivity index (χ1n) is 9.09. The van der Waals surface area contributed by atoms with Gasteiger partial charge in [-0.15, -0.1) is 0 Å². The summed E-state index contributed by atoms with van der Waals surface area (Å²) in [6, 6.07) is 11.2. The highest BCUT2D eigenvalue weighted by molar-refractivity contribution is 7.85. The van der Waals surface area contributed by atoms with Crippen molar-refractivity contribution in [3.05, 3.63) is 58.2 Å². The van der Waals surface area contributed by atoms with Crippen molar-refractivity contribution in [2.75, 3.05) is 0 Å². The second-order valence-corrected chi connectivity index (χ2v) is 14.3. The molecule has 0 radical (unpaired) electrons. The molecule has 0 fully saturated rings. The first-order valence-corrected chi connectivity index (χ1v) is 13.9. The Hall–Kier alpha value is -1.25. The quantitative estimate of drug-likeness (QED) is 0.380. The van der Waals surface area contributed by atoms with Gasteiger partial charge in [-0.2, -0.15) is 8.42 Å². The van der Waals surface area contributed by atoms with Gasteiger partial charge in [-0.05, 0) is 70.0 Å². The molecule has 1 aromatic carbocycles. The first kappa shape index (κ1) is 23.0. The second-order valence-electron chi connectivity index (χ2n) is 8.50. The number of halogens is 1. The van der Waals surface area contributed by atoms with Crippen molar-refractivity contribution in [3.63, 3.8) is 0 Å². The monoisotopic (exact) mass is 441 g/mol. The Kier molecular flexibility index (Phi) is 6.78. The van der Waals surface area contributed by atoms with Crippen LogP contribution in [-0.2, 0) is 21.0 Å². The molecule has 0 spiro atoms. The van der Waals surface area contributed by atoms with Gasteiger partial charge in [0.25, 0.3) is 0 Å². The minimum absolute atomic E-state index is 0.0160.